The van der Waals surface area contributed by atoms with E-state index in [1.807, 2.05) is 0 Å². The average molecular weight is 358 g/mol. The Labute approximate surface area is 130 Å². The lowest BCUT2D eigenvalue weighted by molar-refractivity contribution is -0.142. The second-order valence-electron chi connectivity index (χ2n) is 5.07. The van der Waals surface area contributed by atoms with Gasteiger partial charge in [0, 0.05) is 6.42 Å². The van der Waals surface area contributed by atoms with E-state index >= 15 is 0 Å². The number of hydrogen-bond acceptors (Lipinski definition) is 8. The summed E-state index contributed by atoms with van der Waals surface area (Å²) in [5, 5.41) is 40.2. The van der Waals surface area contributed by atoms with Crippen LogP contribution in [0.25, 0.3) is 0 Å². The minimum atomic E-state index is -5.02. The van der Waals surface area contributed by atoms with E-state index in [2.05, 4.69) is 5.32 Å². The minimum absolute atomic E-state index is 0.237. The highest BCUT2D eigenvalue weighted by atomic mass is 31.2. The van der Waals surface area contributed by atoms with Gasteiger partial charge in [0.25, 0.3) is 0 Å². The van der Waals surface area contributed by atoms with Gasteiger partial charge < -0.3 is 40.7 Å². The third-order valence-corrected chi connectivity index (χ3v) is 4.26. The number of carboxylic acids is 1. The van der Waals surface area contributed by atoms with E-state index in [1.165, 1.54) is 0 Å². The zero-order chi connectivity index (χ0) is 17.9. The molecule has 23 heavy (non-hydrogen) atoms. The summed E-state index contributed by atoms with van der Waals surface area (Å²) in [6.07, 6.45) is -7.47. The molecule has 0 saturated carbocycles. The molecule has 12 nitrogen and oxygen atoms in total. The number of carbonyl (C=O) groups is 2. The molecule has 0 aromatic carbocycles. The van der Waals surface area contributed by atoms with Gasteiger partial charge in [0.05, 0.1) is 0 Å². The predicted octanol–water partition coefficient (Wildman–Crippen LogP) is -3.76. The number of rotatable bonds is 8. The van der Waals surface area contributed by atoms with Gasteiger partial charge in [-0.15, -0.1) is 0 Å². The highest BCUT2D eigenvalue weighted by molar-refractivity contribution is 7.52. The summed E-state index contributed by atoms with van der Waals surface area (Å²) in [7, 11) is -5.02. The maximum Gasteiger partial charge on any atom is 0.356 e. The van der Waals surface area contributed by atoms with E-state index in [0.29, 0.717) is 0 Å². The number of ether oxygens (including phenoxy) is 1. The average Bonchev–Trinajstić information content (AvgIpc) is 2.69. The Morgan fingerprint density at radius 3 is 2.26 bits per heavy atom. The normalized spacial score (nSPS) is 30.8. The second-order valence-corrected chi connectivity index (χ2v) is 6.77. The maximum atomic E-state index is 11.1. The molecule has 1 rings (SSSR count). The van der Waals surface area contributed by atoms with Crippen LogP contribution in [0.5, 0.6) is 0 Å². The molecule has 9 N–H and O–H groups in total. The predicted molar refractivity (Wildman–Crippen MR) is 71.7 cm³/mol. The van der Waals surface area contributed by atoms with Crippen LogP contribution in [0.15, 0.2) is 0 Å². The Morgan fingerprint density at radius 1 is 1.26 bits per heavy atom. The Morgan fingerprint density at radius 2 is 1.83 bits per heavy atom. The van der Waals surface area contributed by atoms with Crippen molar-refractivity contribution in [1.29, 1.82) is 0 Å². The summed E-state index contributed by atoms with van der Waals surface area (Å²) in [4.78, 5) is 39.5. The lowest BCUT2D eigenvalue weighted by Gasteiger charge is -2.22. The van der Waals surface area contributed by atoms with E-state index in [1.54, 1.807) is 0 Å². The van der Waals surface area contributed by atoms with Gasteiger partial charge in [0.2, 0.25) is 5.91 Å². The smallest absolute Gasteiger partial charge is 0.356 e. The first-order valence-corrected chi connectivity index (χ1v) is 8.15. The Hall–Kier alpha value is -1.11. The molecule has 0 aliphatic carbocycles. The number of carbonyl (C=O) groups excluding carboxylic acids is 1. The number of carboxylic acid groups (broad SMARTS) is 1. The summed E-state index contributed by atoms with van der Waals surface area (Å²) in [6, 6.07) is -1.37. The van der Waals surface area contributed by atoms with Crippen LogP contribution < -0.4 is 11.1 Å². The molecule has 1 fully saturated rings. The van der Waals surface area contributed by atoms with Crippen molar-refractivity contribution < 1.29 is 49.1 Å². The number of aliphatic carboxylic acids is 1. The van der Waals surface area contributed by atoms with E-state index in [9.17, 15) is 29.5 Å². The van der Waals surface area contributed by atoms with Gasteiger partial charge in [-0.1, -0.05) is 0 Å². The van der Waals surface area contributed by atoms with Gasteiger partial charge in [0.15, 0.2) is 5.85 Å². The van der Waals surface area contributed by atoms with Crippen LogP contribution in [0.2, 0.25) is 0 Å². The molecule has 134 valence electrons. The van der Waals surface area contributed by atoms with E-state index < -0.39 is 55.9 Å². The van der Waals surface area contributed by atoms with Gasteiger partial charge in [-0.3, -0.25) is 19.5 Å². The summed E-state index contributed by atoms with van der Waals surface area (Å²) < 4.78 is 15.9. The fourth-order valence-electron chi connectivity index (χ4n) is 2.04. The number of aliphatic hydroxyl groups excluding tert-OH is 3. The highest BCUT2D eigenvalue weighted by Crippen LogP contribution is 2.44. The Balaban J connectivity index is 2.78. The van der Waals surface area contributed by atoms with Crippen molar-refractivity contribution in [2.75, 3.05) is 0 Å². The zero-order valence-corrected chi connectivity index (χ0v) is 12.6. The molecule has 0 aromatic rings. The first-order chi connectivity index (χ1) is 10.4. The lowest BCUT2D eigenvalue weighted by atomic mass is 10.1. The topological polar surface area (TPSA) is 220 Å². The minimum Gasteiger partial charge on any atom is -0.480 e. The molecule has 6 atom stereocenters. The van der Waals surface area contributed by atoms with Crippen LogP contribution in [0.3, 0.4) is 0 Å². The van der Waals surface area contributed by atoms with Gasteiger partial charge >= 0.3 is 13.6 Å². The van der Waals surface area contributed by atoms with Crippen molar-refractivity contribution in [2.24, 2.45) is 5.73 Å². The van der Waals surface area contributed by atoms with Gasteiger partial charge in [-0.05, 0) is 6.42 Å². The van der Waals surface area contributed by atoms with Crippen molar-refractivity contribution >= 4 is 19.5 Å². The lowest BCUT2D eigenvalue weighted by Crippen LogP contribution is -2.49. The standard InChI is InChI=1S/C10H19N2O10P/c11-4(13)2-1-3(9(16)17)12-8-6(15)5(14)7(22-8)10(18)23(19,20)21/h3,5-8,10,12,14-15,18H,1-2H2,(H2,11,13)(H,16,17)(H2,19,20,21)/t3-,5-,6+,7-,8?,10?/m0/s1. The number of nitrogens with one attached hydrogen (secondary N) is 1. The molecule has 1 aliphatic heterocycles. The quantitative estimate of drug-likeness (QED) is 0.197. The molecule has 0 radical (unpaired) electrons. The maximum absolute atomic E-state index is 11.1. The van der Waals surface area contributed by atoms with Crippen LogP contribution in [0.1, 0.15) is 12.8 Å². The summed E-state index contributed by atoms with van der Waals surface area (Å²) >= 11 is 0. The third-order valence-electron chi connectivity index (χ3n) is 3.28. The number of primary amides is 1. The highest BCUT2D eigenvalue weighted by Gasteiger charge is 2.51. The molecule has 1 heterocycles. The first kappa shape index (κ1) is 19.9. The van der Waals surface area contributed by atoms with Crippen LogP contribution in [0.4, 0.5) is 0 Å². The van der Waals surface area contributed by atoms with E-state index in [-0.39, 0.29) is 12.8 Å². The monoisotopic (exact) mass is 358 g/mol. The molecule has 0 spiro atoms. The number of nitrogens with two attached hydrogens (primary N) is 1. The van der Waals surface area contributed by atoms with Crippen molar-refractivity contribution in [2.45, 2.75) is 49.3 Å². The molecule has 1 amide bonds. The zero-order valence-electron chi connectivity index (χ0n) is 11.7. The van der Waals surface area contributed by atoms with Gasteiger partial charge in [-0.2, -0.15) is 0 Å². The molecule has 2 unspecified atom stereocenters. The third kappa shape index (κ3) is 5.19. The largest absolute Gasteiger partial charge is 0.480 e. The van der Waals surface area contributed by atoms with Crippen molar-refractivity contribution in [3.05, 3.63) is 0 Å². The summed E-state index contributed by atoms with van der Waals surface area (Å²) in [5.74, 6) is -4.54. The Bertz CT molecular complexity index is 496. The van der Waals surface area contributed by atoms with Crippen LogP contribution in [-0.2, 0) is 18.9 Å². The van der Waals surface area contributed by atoms with Crippen LogP contribution >= 0.6 is 7.60 Å². The SMILES string of the molecule is NC(=O)CC[C@H](NC1O[C@H](C(O)P(=O)(O)O)[C@@H](O)[C@H]1O)C(=O)O. The number of hydrogen-bond donors (Lipinski definition) is 8. The molecule has 13 heteroatoms. The van der Waals surface area contributed by atoms with Crippen LogP contribution in [0, 0.1) is 0 Å². The van der Waals surface area contributed by atoms with Crippen LogP contribution in [-0.4, -0.2) is 78.5 Å². The number of amides is 1. The van der Waals surface area contributed by atoms with Gasteiger partial charge in [-0.25, -0.2) is 0 Å². The van der Waals surface area contributed by atoms with E-state index in [0.717, 1.165) is 0 Å². The van der Waals surface area contributed by atoms with E-state index in [4.69, 9.17) is 25.4 Å². The fourth-order valence-corrected chi connectivity index (χ4v) is 2.67. The molecule has 0 bridgehead atoms. The summed E-state index contributed by atoms with van der Waals surface area (Å²) in [6.45, 7) is 0. The molecular formula is C10H19N2O10P. The van der Waals surface area contributed by atoms with Crippen molar-refractivity contribution in [3.8, 4) is 0 Å². The summed E-state index contributed by atoms with van der Waals surface area (Å²) in [5.41, 5.74) is 4.91. The fraction of sp³-hybridized carbons (Fsp3) is 0.800. The second kappa shape index (κ2) is 7.64. The number of aliphatic hydroxyl groups is 3. The Kier molecular flexibility index (Phi) is 6.62. The first-order valence-electron chi connectivity index (χ1n) is 6.47. The van der Waals surface area contributed by atoms with Crippen molar-refractivity contribution in [3.63, 3.8) is 0 Å². The van der Waals surface area contributed by atoms with Gasteiger partial charge in [0.1, 0.15) is 30.6 Å². The molecule has 1 aliphatic rings. The molecule has 0 aromatic heterocycles. The molecule has 1 saturated heterocycles. The molecular weight excluding hydrogens is 339 g/mol. The van der Waals surface area contributed by atoms with Crippen molar-refractivity contribution in [1.82, 2.24) is 5.32 Å².